The SMILES string of the molecule is CCC(C)NC(=O)C1CCN(C(=O)COc2ccccc2OC)CC1. The van der Waals surface area contributed by atoms with Crippen molar-refractivity contribution in [3.8, 4) is 11.5 Å². The van der Waals surface area contributed by atoms with Gasteiger partial charge in [-0.3, -0.25) is 9.59 Å². The van der Waals surface area contributed by atoms with Gasteiger partial charge in [0.15, 0.2) is 18.1 Å². The predicted octanol–water partition coefficient (Wildman–Crippen LogP) is 2.23. The molecule has 0 aromatic heterocycles. The second-order valence-electron chi connectivity index (χ2n) is 6.41. The largest absolute Gasteiger partial charge is 0.493 e. The maximum atomic E-state index is 12.3. The molecule has 0 saturated carbocycles. The minimum Gasteiger partial charge on any atom is -0.493 e. The van der Waals surface area contributed by atoms with Crippen molar-refractivity contribution in [2.75, 3.05) is 26.8 Å². The number of para-hydroxylation sites is 2. The zero-order chi connectivity index (χ0) is 18.2. The van der Waals surface area contributed by atoms with Crippen molar-refractivity contribution >= 4 is 11.8 Å². The number of methoxy groups -OCH3 is 1. The molecule has 1 aliphatic rings. The van der Waals surface area contributed by atoms with E-state index in [-0.39, 0.29) is 30.4 Å². The number of benzene rings is 1. The lowest BCUT2D eigenvalue weighted by molar-refractivity contribution is -0.137. The van der Waals surface area contributed by atoms with Crippen molar-refractivity contribution in [2.24, 2.45) is 5.92 Å². The quantitative estimate of drug-likeness (QED) is 0.820. The number of rotatable bonds is 7. The molecule has 1 unspecified atom stereocenters. The summed E-state index contributed by atoms with van der Waals surface area (Å²) >= 11 is 0. The molecule has 1 aromatic rings. The first-order valence-electron chi connectivity index (χ1n) is 8.89. The van der Waals surface area contributed by atoms with Gasteiger partial charge in [-0.25, -0.2) is 0 Å². The lowest BCUT2D eigenvalue weighted by atomic mass is 9.95. The van der Waals surface area contributed by atoms with Gasteiger partial charge >= 0.3 is 0 Å². The van der Waals surface area contributed by atoms with Crippen molar-refractivity contribution in [1.82, 2.24) is 10.2 Å². The summed E-state index contributed by atoms with van der Waals surface area (Å²) in [5.74, 6) is 1.20. The van der Waals surface area contributed by atoms with Crippen LogP contribution in [0, 0.1) is 5.92 Å². The van der Waals surface area contributed by atoms with Crippen LogP contribution in [0.2, 0.25) is 0 Å². The molecule has 1 N–H and O–H groups in total. The minimum absolute atomic E-state index is 0.00631. The summed E-state index contributed by atoms with van der Waals surface area (Å²) in [7, 11) is 1.57. The van der Waals surface area contributed by atoms with E-state index < -0.39 is 0 Å². The minimum atomic E-state index is -0.0632. The Kier molecular flexibility index (Phi) is 7.10. The Labute approximate surface area is 149 Å². The van der Waals surface area contributed by atoms with E-state index in [2.05, 4.69) is 5.32 Å². The fourth-order valence-corrected chi connectivity index (χ4v) is 2.82. The third-order valence-electron chi connectivity index (χ3n) is 4.64. The predicted molar refractivity (Wildman–Crippen MR) is 95.7 cm³/mol. The number of hydrogen-bond donors (Lipinski definition) is 1. The number of amides is 2. The van der Waals surface area contributed by atoms with E-state index in [1.165, 1.54) is 0 Å². The average Bonchev–Trinajstić information content (AvgIpc) is 2.66. The van der Waals surface area contributed by atoms with Crippen LogP contribution in [0.5, 0.6) is 11.5 Å². The maximum absolute atomic E-state index is 12.3. The molecule has 1 aliphatic heterocycles. The molecular weight excluding hydrogens is 320 g/mol. The molecule has 6 heteroatoms. The van der Waals surface area contributed by atoms with Crippen LogP contribution in [0.15, 0.2) is 24.3 Å². The topological polar surface area (TPSA) is 67.9 Å². The molecule has 6 nitrogen and oxygen atoms in total. The van der Waals surface area contributed by atoms with Gasteiger partial charge in [-0.1, -0.05) is 19.1 Å². The van der Waals surface area contributed by atoms with Crippen LogP contribution in [-0.4, -0.2) is 49.6 Å². The number of piperidine rings is 1. The van der Waals surface area contributed by atoms with Crippen LogP contribution in [0.4, 0.5) is 0 Å². The molecule has 2 rings (SSSR count). The third-order valence-corrected chi connectivity index (χ3v) is 4.64. The van der Waals surface area contributed by atoms with Crippen molar-refractivity contribution in [3.05, 3.63) is 24.3 Å². The molecule has 138 valence electrons. The standard InChI is InChI=1S/C19H28N2O4/c1-4-14(2)20-19(23)15-9-11-21(12-10-15)18(22)13-25-17-8-6-5-7-16(17)24-3/h5-8,14-15H,4,9-13H2,1-3H3,(H,20,23). The third kappa shape index (κ3) is 5.37. The Morgan fingerprint density at radius 2 is 1.88 bits per heavy atom. The number of nitrogens with zero attached hydrogens (tertiary/aromatic N) is 1. The normalized spacial score (nSPS) is 16.2. The molecule has 1 aromatic carbocycles. The van der Waals surface area contributed by atoms with E-state index in [9.17, 15) is 9.59 Å². The van der Waals surface area contributed by atoms with Gasteiger partial charge in [0, 0.05) is 25.0 Å². The second kappa shape index (κ2) is 9.30. The van der Waals surface area contributed by atoms with Gasteiger partial charge in [-0.15, -0.1) is 0 Å². The first-order valence-corrected chi connectivity index (χ1v) is 8.89. The molecule has 0 spiro atoms. The summed E-state index contributed by atoms with van der Waals surface area (Å²) in [6.07, 6.45) is 2.31. The molecule has 2 amide bonds. The molecular formula is C19H28N2O4. The summed E-state index contributed by atoms with van der Waals surface area (Å²) in [5.41, 5.74) is 0. The Balaban J connectivity index is 1.78. The number of likely N-dealkylation sites (tertiary alicyclic amines) is 1. The van der Waals surface area contributed by atoms with E-state index in [0.717, 1.165) is 6.42 Å². The zero-order valence-electron chi connectivity index (χ0n) is 15.3. The van der Waals surface area contributed by atoms with E-state index >= 15 is 0 Å². The van der Waals surface area contributed by atoms with Crippen molar-refractivity contribution in [1.29, 1.82) is 0 Å². The van der Waals surface area contributed by atoms with Crippen molar-refractivity contribution in [2.45, 2.75) is 39.2 Å². The van der Waals surface area contributed by atoms with E-state index in [4.69, 9.17) is 9.47 Å². The zero-order valence-corrected chi connectivity index (χ0v) is 15.3. The van der Waals surface area contributed by atoms with Crippen LogP contribution in [-0.2, 0) is 9.59 Å². The van der Waals surface area contributed by atoms with Crippen LogP contribution in [0.1, 0.15) is 33.1 Å². The number of ether oxygens (including phenoxy) is 2. The maximum Gasteiger partial charge on any atom is 0.260 e. The molecule has 0 bridgehead atoms. The highest BCUT2D eigenvalue weighted by atomic mass is 16.5. The fourth-order valence-electron chi connectivity index (χ4n) is 2.82. The summed E-state index contributed by atoms with van der Waals surface area (Å²) in [4.78, 5) is 26.3. The van der Waals surface area contributed by atoms with Gasteiger partial charge in [0.1, 0.15) is 0 Å². The number of hydrogen-bond acceptors (Lipinski definition) is 4. The van der Waals surface area contributed by atoms with E-state index in [0.29, 0.717) is 37.4 Å². The number of carbonyl (C=O) groups excluding carboxylic acids is 2. The molecule has 1 heterocycles. The molecule has 1 fully saturated rings. The summed E-state index contributed by atoms with van der Waals surface area (Å²) in [6, 6.07) is 7.45. The summed E-state index contributed by atoms with van der Waals surface area (Å²) in [6.45, 7) is 5.21. The Morgan fingerprint density at radius 3 is 2.48 bits per heavy atom. The molecule has 0 aliphatic carbocycles. The molecule has 0 radical (unpaired) electrons. The second-order valence-corrected chi connectivity index (χ2v) is 6.41. The lowest BCUT2D eigenvalue weighted by Gasteiger charge is -2.31. The van der Waals surface area contributed by atoms with Gasteiger partial charge in [0.2, 0.25) is 5.91 Å². The Morgan fingerprint density at radius 1 is 1.24 bits per heavy atom. The smallest absolute Gasteiger partial charge is 0.260 e. The monoisotopic (exact) mass is 348 g/mol. The highest BCUT2D eigenvalue weighted by Crippen LogP contribution is 2.26. The van der Waals surface area contributed by atoms with Gasteiger partial charge in [0.25, 0.3) is 5.91 Å². The number of carbonyl (C=O) groups is 2. The van der Waals surface area contributed by atoms with Crippen molar-refractivity contribution < 1.29 is 19.1 Å². The van der Waals surface area contributed by atoms with Crippen LogP contribution < -0.4 is 14.8 Å². The summed E-state index contributed by atoms with van der Waals surface area (Å²) < 4.78 is 10.8. The molecule has 1 saturated heterocycles. The first kappa shape index (κ1) is 19.1. The van der Waals surface area contributed by atoms with Crippen LogP contribution in [0.25, 0.3) is 0 Å². The highest BCUT2D eigenvalue weighted by Gasteiger charge is 2.28. The lowest BCUT2D eigenvalue weighted by Crippen LogP contribution is -2.45. The van der Waals surface area contributed by atoms with Gasteiger partial charge in [-0.2, -0.15) is 0 Å². The molecule has 25 heavy (non-hydrogen) atoms. The summed E-state index contributed by atoms with van der Waals surface area (Å²) in [5, 5.41) is 3.02. The Bertz CT molecular complexity index is 583. The number of nitrogens with one attached hydrogen (secondary N) is 1. The van der Waals surface area contributed by atoms with Gasteiger partial charge in [0.05, 0.1) is 7.11 Å². The Hall–Kier alpha value is -2.24. The average molecular weight is 348 g/mol. The van der Waals surface area contributed by atoms with Crippen LogP contribution >= 0.6 is 0 Å². The van der Waals surface area contributed by atoms with E-state index in [1.54, 1.807) is 24.1 Å². The van der Waals surface area contributed by atoms with Crippen LogP contribution in [0.3, 0.4) is 0 Å². The highest BCUT2D eigenvalue weighted by molar-refractivity contribution is 5.80. The van der Waals surface area contributed by atoms with E-state index in [1.807, 2.05) is 26.0 Å². The van der Waals surface area contributed by atoms with Gasteiger partial charge in [-0.05, 0) is 38.3 Å². The van der Waals surface area contributed by atoms with Crippen molar-refractivity contribution in [3.63, 3.8) is 0 Å². The van der Waals surface area contributed by atoms with Gasteiger partial charge < -0.3 is 19.7 Å². The fraction of sp³-hybridized carbons (Fsp3) is 0.579. The molecule has 1 atom stereocenters. The first-order chi connectivity index (χ1) is 12.0.